The molecule has 1 heteroatoms. The van der Waals surface area contributed by atoms with Gasteiger partial charge in [-0.3, -0.25) is 0 Å². The van der Waals surface area contributed by atoms with Gasteiger partial charge in [-0.05, 0) is 18.2 Å². The molecule has 0 aliphatic carbocycles. The molecule has 11 heavy (non-hydrogen) atoms. The second kappa shape index (κ2) is 2.82. The minimum atomic E-state index is 0.105. The molecule has 1 aromatic rings. The standard InChI is InChI=1S/C10H6O/c1-3-8-5-9(4-2)7-10(11)6-8/h1-2,5-7,11H. The fourth-order valence-corrected chi connectivity index (χ4v) is 0.778. The molecule has 1 nitrogen and oxygen atoms in total. The van der Waals surface area contributed by atoms with Crippen LogP contribution in [0.1, 0.15) is 11.1 Å². The lowest BCUT2D eigenvalue weighted by atomic mass is 10.1. The van der Waals surface area contributed by atoms with Crippen LogP contribution in [0.4, 0.5) is 0 Å². The molecular formula is C10H6O. The number of rotatable bonds is 0. The summed E-state index contributed by atoms with van der Waals surface area (Å²) in [7, 11) is 0. The number of benzene rings is 1. The van der Waals surface area contributed by atoms with E-state index in [9.17, 15) is 0 Å². The summed E-state index contributed by atoms with van der Waals surface area (Å²) < 4.78 is 0. The monoisotopic (exact) mass is 142 g/mol. The maximum absolute atomic E-state index is 9.07. The van der Waals surface area contributed by atoms with Crippen molar-refractivity contribution >= 4 is 0 Å². The molecule has 1 rings (SSSR count). The van der Waals surface area contributed by atoms with Crippen molar-refractivity contribution in [1.82, 2.24) is 0 Å². The molecule has 52 valence electrons. The molecule has 0 saturated heterocycles. The Kier molecular flexibility index (Phi) is 1.86. The van der Waals surface area contributed by atoms with E-state index in [1.165, 1.54) is 12.1 Å². The van der Waals surface area contributed by atoms with E-state index in [0.717, 1.165) is 0 Å². The highest BCUT2D eigenvalue weighted by atomic mass is 16.3. The van der Waals surface area contributed by atoms with E-state index < -0.39 is 0 Å². The number of hydrogen-bond donors (Lipinski definition) is 1. The summed E-state index contributed by atoms with van der Waals surface area (Å²) >= 11 is 0. The molecule has 0 heterocycles. The van der Waals surface area contributed by atoms with Gasteiger partial charge in [-0.2, -0.15) is 0 Å². The summed E-state index contributed by atoms with van der Waals surface area (Å²) in [6.07, 6.45) is 10.2. The van der Waals surface area contributed by atoms with Gasteiger partial charge in [0.1, 0.15) is 5.75 Å². The van der Waals surface area contributed by atoms with Crippen molar-refractivity contribution in [3.63, 3.8) is 0 Å². The highest BCUT2D eigenvalue weighted by Gasteiger charge is 1.94. The van der Waals surface area contributed by atoms with Gasteiger partial charge in [-0.1, -0.05) is 11.8 Å². The molecule has 0 aromatic heterocycles. The average molecular weight is 142 g/mol. The van der Waals surface area contributed by atoms with E-state index >= 15 is 0 Å². The van der Waals surface area contributed by atoms with Gasteiger partial charge in [0.15, 0.2) is 0 Å². The minimum absolute atomic E-state index is 0.105. The Labute approximate surface area is 65.7 Å². The maximum Gasteiger partial charge on any atom is 0.118 e. The Hall–Kier alpha value is -1.86. The zero-order valence-corrected chi connectivity index (χ0v) is 5.83. The molecule has 0 bridgehead atoms. The molecule has 0 atom stereocenters. The first-order chi connectivity index (χ1) is 5.26. The van der Waals surface area contributed by atoms with Crippen LogP contribution in [0, 0.1) is 24.7 Å². The van der Waals surface area contributed by atoms with Crippen LogP contribution >= 0.6 is 0 Å². The van der Waals surface area contributed by atoms with Gasteiger partial charge >= 0.3 is 0 Å². The van der Waals surface area contributed by atoms with Crippen LogP contribution in [0.2, 0.25) is 0 Å². The first-order valence-corrected chi connectivity index (χ1v) is 3.03. The first kappa shape index (κ1) is 7.25. The van der Waals surface area contributed by atoms with E-state index in [-0.39, 0.29) is 5.75 Å². The third kappa shape index (κ3) is 1.53. The fraction of sp³-hybridized carbons (Fsp3) is 0. The number of phenolic OH excluding ortho intramolecular Hbond substituents is 1. The lowest BCUT2D eigenvalue weighted by molar-refractivity contribution is 0.475. The lowest BCUT2D eigenvalue weighted by Gasteiger charge is -1.94. The van der Waals surface area contributed by atoms with Crippen LogP contribution in [0.25, 0.3) is 0 Å². The van der Waals surface area contributed by atoms with E-state index in [2.05, 4.69) is 11.8 Å². The molecule has 0 unspecified atom stereocenters. The van der Waals surface area contributed by atoms with Gasteiger partial charge < -0.3 is 5.11 Å². The van der Waals surface area contributed by atoms with Crippen LogP contribution in [-0.4, -0.2) is 5.11 Å². The molecule has 0 aliphatic rings. The predicted molar refractivity (Wildman–Crippen MR) is 44.0 cm³/mol. The van der Waals surface area contributed by atoms with Crippen molar-refractivity contribution in [2.75, 3.05) is 0 Å². The zero-order valence-electron chi connectivity index (χ0n) is 5.83. The highest BCUT2D eigenvalue weighted by molar-refractivity contribution is 5.46. The minimum Gasteiger partial charge on any atom is -0.508 e. The molecular weight excluding hydrogens is 136 g/mol. The summed E-state index contributed by atoms with van der Waals surface area (Å²) in [5, 5.41) is 9.07. The molecule has 0 spiro atoms. The predicted octanol–water partition coefficient (Wildman–Crippen LogP) is 1.35. The molecule has 0 saturated carbocycles. The summed E-state index contributed by atoms with van der Waals surface area (Å²) in [6, 6.07) is 4.64. The van der Waals surface area contributed by atoms with Crippen molar-refractivity contribution in [3.05, 3.63) is 29.3 Å². The van der Waals surface area contributed by atoms with Gasteiger partial charge in [-0.25, -0.2) is 0 Å². The van der Waals surface area contributed by atoms with Crippen molar-refractivity contribution in [2.24, 2.45) is 0 Å². The normalized spacial score (nSPS) is 8.18. The van der Waals surface area contributed by atoms with Crippen LogP contribution in [-0.2, 0) is 0 Å². The summed E-state index contributed by atoms with van der Waals surface area (Å²) in [4.78, 5) is 0. The molecule has 0 fully saturated rings. The van der Waals surface area contributed by atoms with E-state index in [1.54, 1.807) is 6.07 Å². The SMILES string of the molecule is C#Cc1cc(O)cc(C#C)c1. The number of terminal acetylenes is 2. The van der Waals surface area contributed by atoms with Gasteiger partial charge in [0, 0.05) is 11.1 Å². The van der Waals surface area contributed by atoms with Crippen molar-refractivity contribution in [1.29, 1.82) is 0 Å². The van der Waals surface area contributed by atoms with Crippen LogP contribution in [0.5, 0.6) is 5.75 Å². The molecule has 1 aromatic carbocycles. The van der Waals surface area contributed by atoms with E-state index in [0.29, 0.717) is 11.1 Å². The van der Waals surface area contributed by atoms with E-state index in [1.807, 2.05) is 0 Å². The maximum atomic E-state index is 9.07. The number of hydrogen-bond acceptors (Lipinski definition) is 1. The Balaban J connectivity index is 3.28. The number of aromatic hydroxyl groups is 1. The highest BCUT2D eigenvalue weighted by Crippen LogP contribution is 2.13. The van der Waals surface area contributed by atoms with Crippen molar-refractivity contribution in [2.45, 2.75) is 0 Å². The fourth-order valence-electron chi connectivity index (χ4n) is 0.778. The molecule has 0 amide bonds. The Morgan fingerprint density at radius 2 is 1.45 bits per heavy atom. The third-order valence-corrected chi connectivity index (χ3v) is 1.25. The zero-order chi connectivity index (χ0) is 8.27. The van der Waals surface area contributed by atoms with E-state index in [4.69, 9.17) is 18.0 Å². The average Bonchev–Trinajstić information content (AvgIpc) is 2.03. The summed E-state index contributed by atoms with van der Waals surface area (Å²) in [5.41, 5.74) is 1.19. The van der Waals surface area contributed by atoms with Crippen LogP contribution in [0.3, 0.4) is 0 Å². The Bertz CT molecular complexity index is 318. The van der Waals surface area contributed by atoms with Gasteiger partial charge in [0.05, 0.1) is 0 Å². The Morgan fingerprint density at radius 3 is 1.82 bits per heavy atom. The smallest absolute Gasteiger partial charge is 0.118 e. The van der Waals surface area contributed by atoms with Gasteiger partial charge in [-0.15, -0.1) is 12.8 Å². The second-order valence-corrected chi connectivity index (χ2v) is 2.06. The molecule has 1 N–H and O–H groups in total. The largest absolute Gasteiger partial charge is 0.508 e. The van der Waals surface area contributed by atoms with Crippen molar-refractivity contribution in [3.8, 4) is 30.4 Å². The van der Waals surface area contributed by atoms with Gasteiger partial charge in [0.2, 0.25) is 0 Å². The quantitative estimate of drug-likeness (QED) is 0.542. The number of phenols is 1. The van der Waals surface area contributed by atoms with Gasteiger partial charge in [0.25, 0.3) is 0 Å². The summed E-state index contributed by atoms with van der Waals surface area (Å²) in [6.45, 7) is 0. The lowest BCUT2D eigenvalue weighted by Crippen LogP contribution is -1.77. The van der Waals surface area contributed by atoms with Crippen molar-refractivity contribution < 1.29 is 5.11 Å². The topological polar surface area (TPSA) is 20.2 Å². The van der Waals surface area contributed by atoms with Crippen LogP contribution in [0.15, 0.2) is 18.2 Å². The first-order valence-electron chi connectivity index (χ1n) is 3.03. The summed E-state index contributed by atoms with van der Waals surface area (Å²) in [5.74, 6) is 4.88. The second-order valence-electron chi connectivity index (χ2n) is 2.06. The Morgan fingerprint density at radius 1 is 1.00 bits per heavy atom. The molecule has 0 radical (unpaired) electrons. The molecule has 0 aliphatic heterocycles. The third-order valence-electron chi connectivity index (χ3n) is 1.25. The van der Waals surface area contributed by atoms with Crippen LogP contribution < -0.4 is 0 Å².